The Bertz CT molecular complexity index is 355. The summed E-state index contributed by atoms with van der Waals surface area (Å²) in [6.45, 7) is 7.64. The Balaban J connectivity index is 2.60. The van der Waals surface area contributed by atoms with Crippen molar-refractivity contribution in [2.75, 3.05) is 24.7 Å². The molecule has 0 bridgehead atoms. The van der Waals surface area contributed by atoms with E-state index in [0.717, 1.165) is 24.6 Å². The Morgan fingerprint density at radius 2 is 1.90 bits per heavy atom. The Morgan fingerprint density at radius 3 is 2.45 bits per heavy atom. The van der Waals surface area contributed by atoms with Crippen LogP contribution in [0.25, 0.3) is 0 Å². The summed E-state index contributed by atoms with van der Waals surface area (Å²) >= 11 is 1.99. The van der Waals surface area contributed by atoms with Gasteiger partial charge in [-0.15, -0.1) is 0 Å². The lowest BCUT2D eigenvalue weighted by molar-refractivity contribution is 0.158. The fourth-order valence-corrected chi connectivity index (χ4v) is 3.66. The maximum atomic E-state index is 9.93. The number of hydrogen-bond donors (Lipinski definition) is 2. The third-order valence-corrected chi connectivity index (χ3v) is 4.64. The van der Waals surface area contributed by atoms with Gasteiger partial charge in [-0.1, -0.05) is 51.1 Å². The van der Waals surface area contributed by atoms with Crippen LogP contribution in [0.5, 0.6) is 0 Å². The number of aliphatic hydroxyl groups excluding tert-OH is 1. The van der Waals surface area contributed by atoms with Gasteiger partial charge in [0.25, 0.3) is 0 Å². The molecule has 0 aliphatic carbocycles. The minimum absolute atomic E-state index is 0.148. The molecule has 1 aromatic carbocycles. The van der Waals surface area contributed by atoms with Crippen molar-refractivity contribution in [1.29, 1.82) is 0 Å². The smallest absolute Gasteiger partial charge is 0.0676 e. The number of aliphatic hydroxyl groups is 1. The van der Waals surface area contributed by atoms with Crippen LogP contribution in [0.4, 0.5) is 0 Å². The first-order valence-corrected chi connectivity index (χ1v) is 8.79. The van der Waals surface area contributed by atoms with Crippen molar-refractivity contribution in [1.82, 2.24) is 5.32 Å². The Hall–Kier alpha value is -0.510. The number of thioether (sulfide) groups is 1. The highest BCUT2D eigenvalue weighted by Gasteiger charge is 2.29. The molecule has 0 saturated carbocycles. The van der Waals surface area contributed by atoms with E-state index in [2.05, 4.69) is 38.2 Å². The summed E-state index contributed by atoms with van der Waals surface area (Å²) in [5.74, 6) is 3.06. The van der Waals surface area contributed by atoms with Gasteiger partial charge < -0.3 is 10.4 Å². The van der Waals surface area contributed by atoms with Crippen LogP contribution in [0.15, 0.2) is 30.3 Å². The average Bonchev–Trinajstić information content (AvgIpc) is 2.46. The summed E-state index contributed by atoms with van der Waals surface area (Å²) < 4.78 is 0. The third-order valence-electron chi connectivity index (χ3n) is 3.62. The van der Waals surface area contributed by atoms with Crippen LogP contribution in [0, 0.1) is 5.92 Å². The van der Waals surface area contributed by atoms with Gasteiger partial charge >= 0.3 is 0 Å². The highest BCUT2D eigenvalue weighted by atomic mass is 32.2. The molecule has 1 rings (SSSR count). The molecule has 0 aliphatic heterocycles. The lowest BCUT2D eigenvalue weighted by Gasteiger charge is -2.33. The molecule has 0 fully saturated rings. The van der Waals surface area contributed by atoms with E-state index in [1.165, 1.54) is 17.7 Å². The molecular formula is C17H29NOS. The minimum Gasteiger partial charge on any atom is -0.394 e. The molecule has 0 spiro atoms. The summed E-state index contributed by atoms with van der Waals surface area (Å²) in [6, 6.07) is 10.3. The van der Waals surface area contributed by atoms with Crippen LogP contribution in [0.2, 0.25) is 0 Å². The van der Waals surface area contributed by atoms with Crippen LogP contribution in [-0.2, 0) is 5.54 Å². The molecule has 0 amide bonds. The normalized spacial score (nSPS) is 14.4. The molecule has 2 N–H and O–H groups in total. The fraction of sp³-hybridized carbons (Fsp3) is 0.647. The summed E-state index contributed by atoms with van der Waals surface area (Å²) in [4.78, 5) is 0. The van der Waals surface area contributed by atoms with Crippen molar-refractivity contribution in [2.24, 2.45) is 5.92 Å². The standard InChI is InChI=1S/C17H29NOS/c1-4-18-17(14-19,16-8-6-5-7-9-16)11-13-20-12-10-15(2)3/h5-9,15,18-19H,4,10-14H2,1-3H3. The number of nitrogens with one attached hydrogen (secondary N) is 1. The zero-order valence-corrected chi connectivity index (χ0v) is 13.9. The molecule has 0 radical (unpaired) electrons. The van der Waals surface area contributed by atoms with Gasteiger partial charge in [-0.2, -0.15) is 11.8 Å². The molecule has 1 aromatic rings. The largest absolute Gasteiger partial charge is 0.394 e. The number of likely N-dealkylation sites (N-methyl/N-ethyl adjacent to an activating group) is 1. The third kappa shape index (κ3) is 5.47. The molecular weight excluding hydrogens is 266 g/mol. The zero-order valence-electron chi connectivity index (χ0n) is 13.1. The van der Waals surface area contributed by atoms with E-state index in [0.29, 0.717) is 0 Å². The van der Waals surface area contributed by atoms with Gasteiger partial charge in [0.1, 0.15) is 0 Å². The molecule has 0 aliphatic rings. The highest BCUT2D eigenvalue weighted by Crippen LogP contribution is 2.27. The van der Waals surface area contributed by atoms with Crippen molar-refractivity contribution >= 4 is 11.8 Å². The van der Waals surface area contributed by atoms with E-state index < -0.39 is 0 Å². The lowest BCUT2D eigenvalue weighted by Crippen LogP contribution is -2.46. The quantitative estimate of drug-likeness (QED) is 0.646. The molecule has 0 heterocycles. The second kappa shape index (κ2) is 9.43. The first-order valence-electron chi connectivity index (χ1n) is 7.63. The maximum Gasteiger partial charge on any atom is 0.0676 e. The van der Waals surface area contributed by atoms with E-state index in [-0.39, 0.29) is 12.1 Å². The highest BCUT2D eigenvalue weighted by molar-refractivity contribution is 7.99. The van der Waals surface area contributed by atoms with Crippen molar-refractivity contribution in [3.05, 3.63) is 35.9 Å². The van der Waals surface area contributed by atoms with Crippen molar-refractivity contribution in [3.63, 3.8) is 0 Å². The first-order chi connectivity index (χ1) is 9.64. The summed E-state index contributed by atoms with van der Waals surface area (Å²) in [5, 5.41) is 13.4. The van der Waals surface area contributed by atoms with Crippen molar-refractivity contribution in [2.45, 2.75) is 39.2 Å². The topological polar surface area (TPSA) is 32.3 Å². The van der Waals surface area contributed by atoms with Crippen LogP contribution >= 0.6 is 11.8 Å². The van der Waals surface area contributed by atoms with Crippen LogP contribution in [0.3, 0.4) is 0 Å². The van der Waals surface area contributed by atoms with Crippen LogP contribution in [0.1, 0.15) is 39.2 Å². The van der Waals surface area contributed by atoms with Gasteiger partial charge in [0.05, 0.1) is 12.1 Å². The Morgan fingerprint density at radius 1 is 1.20 bits per heavy atom. The Kier molecular flexibility index (Phi) is 8.27. The van der Waals surface area contributed by atoms with Crippen LogP contribution < -0.4 is 5.32 Å². The minimum atomic E-state index is -0.291. The predicted octanol–water partition coefficient (Wildman–Crippen LogP) is 3.65. The lowest BCUT2D eigenvalue weighted by atomic mass is 9.88. The SMILES string of the molecule is CCNC(CO)(CCSCCC(C)C)c1ccccc1. The predicted molar refractivity (Wildman–Crippen MR) is 90.3 cm³/mol. The molecule has 0 saturated heterocycles. The molecule has 0 aromatic heterocycles. The van der Waals surface area contributed by atoms with E-state index >= 15 is 0 Å². The number of benzene rings is 1. The van der Waals surface area contributed by atoms with Gasteiger partial charge in [-0.05, 0) is 42.4 Å². The van der Waals surface area contributed by atoms with Crippen molar-refractivity contribution < 1.29 is 5.11 Å². The average molecular weight is 295 g/mol. The van der Waals surface area contributed by atoms with Crippen LogP contribution in [-0.4, -0.2) is 29.8 Å². The summed E-state index contributed by atoms with van der Waals surface area (Å²) in [7, 11) is 0. The molecule has 1 atom stereocenters. The summed E-state index contributed by atoms with van der Waals surface area (Å²) in [6.07, 6.45) is 2.23. The maximum absolute atomic E-state index is 9.93. The molecule has 1 unspecified atom stereocenters. The number of hydrogen-bond acceptors (Lipinski definition) is 3. The van der Waals surface area contributed by atoms with Gasteiger partial charge in [-0.25, -0.2) is 0 Å². The van der Waals surface area contributed by atoms with E-state index in [9.17, 15) is 5.11 Å². The fourth-order valence-electron chi connectivity index (χ4n) is 2.32. The van der Waals surface area contributed by atoms with Gasteiger partial charge in [-0.3, -0.25) is 0 Å². The van der Waals surface area contributed by atoms with E-state index in [1.807, 2.05) is 30.0 Å². The van der Waals surface area contributed by atoms with E-state index in [1.54, 1.807) is 0 Å². The van der Waals surface area contributed by atoms with Gasteiger partial charge in [0, 0.05) is 0 Å². The second-order valence-corrected chi connectivity index (χ2v) is 6.91. The molecule has 20 heavy (non-hydrogen) atoms. The molecule has 114 valence electrons. The molecule has 3 heteroatoms. The zero-order chi connectivity index (χ0) is 14.8. The number of rotatable bonds is 10. The molecule has 2 nitrogen and oxygen atoms in total. The monoisotopic (exact) mass is 295 g/mol. The van der Waals surface area contributed by atoms with Crippen molar-refractivity contribution in [3.8, 4) is 0 Å². The van der Waals surface area contributed by atoms with E-state index in [4.69, 9.17) is 0 Å². The van der Waals surface area contributed by atoms with Gasteiger partial charge in [0.2, 0.25) is 0 Å². The second-order valence-electron chi connectivity index (χ2n) is 5.68. The Labute approximate surface area is 128 Å². The van der Waals surface area contributed by atoms with Gasteiger partial charge in [0.15, 0.2) is 0 Å². The first kappa shape index (κ1) is 17.5. The summed E-state index contributed by atoms with van der Waals surface area (Å²) in [5.41, 5.74) is 0.898.